The number of hydrogen-bond donors (Lipinski definition) is 1. The van der Waals surface area contributed by atoms with E-state index in [1.54, 1.807) is 30.0 Å². The van der Waals surface area contributed by atoms with Gasteiger partial charge >= 0.3 is 12.5 Å². The Labute approximate surface area is 270 Å². The second-order valence-electron chi connectivity index (χ2n) is 12.8. The molecule has 254 valence electrons. The summed E-state index contributed by atoms with van der Waals surface area (Å²) in [5.74, 6) is -1.10. The molecule has 2 aromatic carbocycles. The Morgan fingerprint density at radius 3 is 2.21 bits per heavy atom. The molecule has 2 fully saturated rings. The van der Waals surface area contributed by atoms with Gasteiger partial charge in [0, 0.05) is 58.0 Å². The number of nitrogens with zero attached hydrogens (tertiary/aromatic N) is 6. The van der Waals surface area contributed by atoms with Crippen molar-refractivity contribution in [1.82, 2.24) is 24.3 Å². The maximum absolute atomic E-state index is 13.6. The quantitative estimate of drug-likeness (QED) is 0.421. The molecule has 12 nitrogen and oxygen atoms in total. The summed E-state index contributed by atoms with van der Waals surface area (Å²) in [6, 6.07) is 8.26. The number of carbonyl (C=O) groups is 2. The summed E-state index contributed by atoms with van der Waals surface area (Å²) in [7, 11) is 1.98. The van der Waals surface area contributed by atoms with E-state index in [-0.39, 0.29) is 17.5 Å². The van der Waals surface area contributed by atoms with Gasteiger partial charge in [-0.25, -0.2) is 9.78 Å². The van der Waals surface area contributed by atoms with E-state index >= 15 is 0 Å². The molecule has 1 aromatic heterocycles. The zero-order valence-electron chi connectivity index (χ0n) is 27.1. The SMILES string of the molecule is CC(C(=O)Nc1cc(-n2cnc3cc(N4CCN(C(=O)OC(C)(C)C)CC4)ccc3c2=O)ccc1OC(F)(F)F)N1CCN(C)CC1. The molecule has 0 saturated carbocycles. The summed E-state index contributed by atoms with van der Waals surface area (Å²) < 4.78 is 50.6. The highest BCUT2D eigenvalue weighted by atomic mass is 19.4. The van der Waals surface area contributed by atoms with Crippen LogP contribution in [0.4, 0.5) is 29.3 Å². The lowest BCUT2D eigenvalue weighted by Crippen LogP contribution is -2.51. The summed E-state index contributed by atoms with van der Waals surface area (Å²) in [6.45, 7) is 12.0. The van der Waals surface area contributed by atoms with Crippen molar-refractivity contribution in [2.75, 3.05) is 69.6 Å². The summed E-state index contributed by atoms with van der Waals surface area (Å²) in [6.07, 6.45) is -4.05. The standard InChI is InChI=1S/C32H40F3N7O5/c1-21(39-12-10-38(5)11-13-39)28(43)37-26-19-23(7-9-27(26)46-32(33,34)35)42-20-36-25-18-22(6-8-24(25)29(42)44)40-14-16-41(17-15-40)30(45)47-31(2,3)4/h6-9,18-21H,10-17H2,1-5H3,(H,37,43). The fraction of sp³-hybridized carbons (Fsp3) is 0.500. The zero-order valence-corrected chi connectivity index (χ0v) is 27.1. The third-order valence-corrected chi connectivity index (χ3v) is 8.23. The Hall–Kier alpha value is -4.37. The molecule has 1 unspecified atom stereocenters. The van der Waals surface area contributed by atoms with Crippen LogP contribution in [-0.2, 0) is 9.53 Å². The van der Waals surface area contributed by atoms with Crippen LogP contribution in [0.3, 0.4) is 0 Å². The lowest BCUT2D eigenvalue weighted by molar-refractivity contribution is -0.274. The normalized spacial score (nSPS) is 17.4. The number of nitrogens with one attached hydrogen (secondary N) is 1. The van der Waals surface area contributed by atoms with Crippen molar-refractivity contribution in [3.8, 4) is 11.4 Å². The Bertz CT molecular complexity index is 1670. The first-order chi connectivity index (χ1) is 22.1. The van der Waals surface area contributed by atoms with Crippen LogP contribution in [0.25, 0.3) is 16.6 Å². The number of rotatable bonds is 6. The Morgan fingerprint density at radius 2 is 1.57 bits per heavy atom. The van der Waals surface area contributed by atoms with Crippen molar-refractivity contribution < 1.29 is 32.2 Å². The van der Waals surface area contributed by atoms with Gasteiger partial charge in [0.2, 0.25) is 5.91 Å². The lowest BCUT2D eigenvalue weighted by Gasteiger charge is -2.36. The Kier molecular flexibility index (Phi) is 9.68. The molecule has 2 amide bonds. The van der Waals surface area contributed by atoms with Crippen molar-refractivity contribution in [3.05, 3.63) is 53.1 Å². The molecule has 0 spiro atoms. The van der Waals surface area contributed by atoms with E-state index < -0.39 is 35.2 Å². The minimum absolute atomic E-state index is 0.198. The van der Waals surface area contributed by atoms with Crippen molar-refractivity contribution in [1.29, 1.82) is 0 Å². The minimum Gasteiger partial charge on any atom is -0.444 e. The number of likely N-dealkylation sites (N-methyl/N-ethyl adjacent to an activating group) is 1. The molecule has 5 rings (SSSR count). The maximum Gasteiger partial charge on any atom is 0.573 e. The van der Waals surface area contributed by atoms with Crippen molar-refractivity contribution in [2.24, 2.45) is 0 Å². The molecular formula is C32H40F3N7O5. The highest BCUT2D eigenvalue weighted by Gasteiger charge is 2.33. The molecule has 2 saturated heterocycles. The molecule has 1 atom stereocenters. The van der Waals surface area contributed by atoms with Gasteiger partial charge in [-0.05, 0) is 71.1 Å². The Balaban J connectivity index is 1.36. The maximum atomic E-state index is 13.6. The number of aromatic nitrogens is 2. The third-order valence-electron chi connectivity index (χ3n) is 8.23. The van der Waals surface area contributed by atoms with Gasteiger partial charge in [0.25, 0.3) is 5.56 Å². The number of piperazine rings is 2. The second kappa shape index (κ2) is 13.4. The van der Waals surface area contributed by atoms with Crippen LogP contribution in [0.1, 0.15) is 27.7 Å². The van der Waals surface area contributed by atoms with Gasteiger partial charge in [0.15, 0.2) is 5.75 Å². The first kappa shape index (κ1) is 34.0. The summed E-state index contributed by atoms with van der Waals surface area (Å²) in [5, 5.41) is 2.88. The first-order valence-corrected chi connectivity index (χ1v) is 15.5. The van der Waals surface area contributed by atoms with Crippen LogP contribution in [0.5, 0.6) is 5.75 Å². The number of amides is 2. The number of hydrogen-bond acceptors (Lipinski definition) is 9. The fourth-order valence-electron chi connectivity index (χ4n) is 5.56. The van der Waals surface area contributed by atoms with E-state index in [0.29, 0.717) is 50.2 Å². The lowest BCUT2D eigenvalue weighted by atomic mass is 10.1. The average Bonchev–Trinajstić information content (AvgIpc) is 3.00. The highest BCUT2D eigenvalue weighted by molar-refractivity contribution is 5.96. The van der Waals surface area contributed by atoms with Gasteiger partial charge < -0.3 is 29.5 Å². The minimum atomic E-state index is -4.99. The van der Waals surface area contributed by atoms with Gasteiger partial charge in [0.05, 0.1) is 28.3 Å². The topological polar surface area (TPSA) is 112 Å². The summed E-state index contributed by atoms with van der Waals surface area (Å²) in [5.41, 5.74) is 0.221. The molecule has 47 heavy (non-hydrogen) atoms. The van der Waals surface area contributed by atoms with Crippen LogP contribution in [0.15, 0.2) is 47.5 Å². The molecule has 2 aliphatic heterocycles. The van der Waals surface area contributed by atoms with Crippen LogP contribution >= 0.6 is 0 Å². The molecule has 3 heterocycles. The van der Waals surface area contributed by atoms with Crippen molar-refractivity contribution in [2.45, 2.75) is 45.7 Å². The Morgan fingerprint density at radius 1 is 0.915 bits per heavy atom. The zero-order chi connectivity index (χ0) is 34.1. The van der Waals surface area contributed by atoms with Crippen LogP contribution in [0.2, 0.25) is 0 Å². The summed E-state index contributed by atoms with van der Waals surface area (Å²) >= 11 is 0. The second-order valence-corrected chi connectivity index (χ2v) is 12.8. The predicted molar refractivity (Wildman–Crippen MR) is 171 cm³/mol. The third kappa shape index (κ3) is 8.32. The molecule has 15 heteroatoms. The molecule has 1 N–H and O–H groups in total. The van der Waals surface area contributed by atoms with Crippen LogP contribution in [-0.4, -0.2) is 114 Å². The molecule has 0 bridgehead atoms. The number of fused-ring (bicyclic) bond motifs is 1. The van der Waals surface area contributed by atoms with Gasteiger partial charge in [-0.1, -0.05) is 0 Å². The number of alkyl halides is 3. The van der Waals surface area contributed by atoms with E-state index in [9.17, 15) is 27.6 Å². The van der Waals surface area contributed by atoms with Crippen molar-refractivity contribution >= 4 is 34.3 Å². The first-order valence-electron chi connectivity index (χ1n) is 15.5. The molecule has 2 aliphatic rings. The van der Waals surface area contributed by atoms with Gasteiger partial charge in [-0.3, -0.25) is 19.1 Å². The molecule has 0 radical (unpaired) electrons. The smallest absolute Gasteiger partial charge is 0.444 e. The molecule has 3 aromatic rings. The van der Waals surface area contributed by atoms with E-state index in [4.69, 9.17) is 4.74 Å². The predicted octanol–water partition coefficient (Wildman–Crippen LogP) is 3.92. The van der Waals surface area contributed by atoms with Crippen molar-refractivity contribution in [3.63, 3.8) is 0 Å². The van der Waals surface area contributed by atoms with Gasteiger partial charge in [-0.2, -0.15) is 0 Å². The van der Waals surface area contributed by atoms with E-state index in [1.807, 2.05) is 32.7 Å². The monoisotopic (exact) mass is 659 g/mol. The largest absolute Gasteiger partial charge is 0.573 e. The van der Waals surface area contributed by atoms with Gasteiger partial charge in [0.1, 0.15) is 11.9 Å². The average molecular weight is 660 g/mol. The van der Waals surface area contributed by atoms with E-state index in [2.05, 4.69) is 24.8 Å². The number of benzene rings is 2. The number of anilines is 2. The molecular weight excluding hydrogens is 619 g/mol. The number of ether oxygens (including phenoxy) is 2. The van der Waals surface area contributed by atoms with Gasteiger partial charge in [-0.15, -0.1) is 13.2 Å². The number of carbonyl (C=O) groups excluding carboxylic acids is 2. The summed E-state index contributed by atoms with van der Waals surface area (Å²) in [4.78, 5) is 51.5. The fourth-order valence-corrected chi connectivity index (χ4v) is 5.56. The van der Waals surface area contributed by atoms with Crippen LogP contribution < -0.4 is 20.5 Å². The van der Waals surface area contributed by atoms with Crippen LogP contribution in [0, 0.1) is 0 Å². The number of halogens is 3. The van der Waals surface area contributed by atoms with E-state index in [1.165, 1.54) is 23.0 Å². The molecule has 0 aliphatic carbocycles. The highest BCUT2D eigenvalue weighted by Crippen LogP contribution is 2.33. The van der Waals surface area contributed by atoms with E-state index in [0.717, 1.165) is 24.8 Å².